The van der Waals surface area contributed by atoms with E-state index in [1.165, 1.54) is 0 Å². The van der Waals surface area contributed by atoms with Crippen LogP contribution in [0.3, 0.4) is 0 Å². The molecule has 1 unspecified atom stereocenters. The van der Waals surface area contributed by atoms with E-state index in [1.807, 2.05) is 0 Å². The molecular weight excluding hydrogens is 255 g/mol. The van der Waals surface area contributed by atoms with Crippen LogP contribution in [0.4, 0.5) is 4.39 Å². The van der Waals surface area contributed by atoms with Gasteiger partial charge in [0, 0.05) is 11.8 Å². The molecule has 1 rings (SSSR count). The fourth-order valence-corrected chi connectivity index (χ4v) is 1.94. The lowest BCUT2D eigenvalue weighted by atomic mass is 10.1. The second-order valence-corrected chi connectivity index (χ2v) is 5.31. The standard InChI is InChI=1S/C9H9FO6S/c1-17(15,16)5-3-2-4(7(11)6(5)10)8(12)9(13)14/h2-3,8,11-12H,1H3,(H,13,14). The number of phenols is 1. The van der Waals surface area contributed by atoms with Gasteiger partial charge in [0.2, 0.25) is 0 Å². The third kappa shape index (κ3) is 2.53. The number of carboxylic acids is 1. The number of aliphatic hydroxyl groups excluding tert-OH is 1. The lowest BCUT2D eigenvalue weighted by molar-refractivity contribution is -0.147. The van der Waals surface area contributed by atoms with Crippen molar-refractivity contribution in [2.75, 3.05) is 6.26 Å². The molecule has 94 valence electrons. The molecule has 17 heavy (non-hydrogen) atoms. The number of sulfone groups is 1. The normalized spacial score (nSPS) is 13.4. The lowest BCUT2D eigenvalue weighted by Crippen LogP contribution is -2.12. The molecule has 0 bridgehead atoms. The predicted octanol–water partition coefficient (Wildman–Crippen LogP) is 0.0528. The summed E-state index contributed by atoms with van der Waals surface area (Å²) in [5.41, 5.74) is -0.609. The third-order valence-corrected chi connectivity index (χ3v) is 3.15. The van der Waals surface area contributed by atoms with E-state index in [4.69, 9.17) is 10.2 Å². The molecule has 1 atom stereocenters. The van der Waals surface area contributed by atoms with Crippen LogP contribution < -0.4 is 0 Å². The lowest BCUT2D eigenvalue weighted by Gasteiger charge is -2.10. The smallest absolute Gasteiger partial charge is 0.337 e. The van der Waals surface area contributed by atoms with Crippen LogP contribution in [0.5, 0.6) is 5.75 Å². The van der Waals surface area contributed by atoms with E-state index in [2.05, 4.69) is 0 Å². The molecule has 0 aliphatic heterocycles. The van der Waals surface area contributed by atoms with Gasteiger partial charge in [0.15, 0.2) is 27.5 Å². The Morgan fingerprint density at radius 2 is 1.94 bits per heavy atom. The van der Waals surface area contributed by atoms with Crippen LogP contribution in [0.25, 0.3) is 0 Å². The van der Waals surface area contributed by atoms with Gasteiger partial charge < -0.3 is 15.3 Å². The zero-order chi connectivity index (χ0) is 13.4. The second-order valence-electron chi connectivity index (χ2n) is 3.33. The molecule has 0 aliphatic carbocycles. The molecule has 0 saturated heterocycles. The van der Waals surface area contributed by atoms with Crippen LogP contribution >= 0.6 is 0 Å². The number of phenolic OH excluding ortho intramolecular Hbond substituents is 1. The van der Waals surface area contributed by atoms with Crippen LogP contribution in [-0.4, -0.2) is 36.0 Å². The number of aliphatic hydroxyl groups is 1. The maximum absolute atomic E-state index is 13.4. The van der Waals surface area contributed by atoms with Gasteiger partial charge in [-0.3, -0.25) is 0 Å². The second kappa shape index (κ2) is 4.30. The fraction of sp³-hybridized carbons (Fsp3) is 0.222. The quantitative estimate of drug-likeness (QED) is 0.711. The number of carboxylic acid groups (broad SMARTS) is 1. The molecule has 0 spiro atoms. The summed E-state index contributed by atoms with van der Waals surface area (Å²) >= 11 is 0. The van der Waals surface area contributed by atoms with Crippen molar-refractivity contribution in [3.05, 3.63) is 23.5 Å². The van der Waals surface area contributed by atoms with E-state index in [-0.39, 0.29) is 0 Å². The average molecular weight is 264 g/mol. The zero-order valence-corrected chi connectivity index (χ0v) is 9.40. The average Bonchev–Trinajstić information content (AvgIpc) is 2.19. The summed E-state index contributed by atoms with van der Waals surface area (Å²) in [5.74, 6) is -4.36. The fourth-order valence-electron chi connectivity index (χ4n) is 1.20. The molecule has 6 nitrogen and oxygen atoms in total. The van der Waals surface area contributed by atoms with Gasteiger partial charge in [-0.15, -0.1) is 0 Å². The van der Waals surface area contributed by atoms with E-state index in [0.29, 0.717) is 0 Å². The molecule has 0 heterocycles. The number of carbonyl (C=O) groups is 1. The first-order valence-corrected chi connectivity index (χ1v) is 6.17. The minimum Gasteiger partial charge on any atom is -0.505 e. The highest BCUT2D eigenvalue weighted by atomic mass is 32.2. The largest absolute Gasteiger partial charge is 0.505 e. The molecule has 3 N–H and O–H groups in total. The highest BCUT2D eigenvalue weighted by Crippen LogP contribution is 2.31. The van der Waals surface area contributed by atoms with Gasteiger partial charge in [-0.1, -0.05) is 6.07 Å². The SMILES string of the molecule is CS(=O)(=O)c1ccc(C(O)C(=O)O)c(O)c1F. The molecule has 1 aromatic rings. The predicted molar refractivity (Wildman–Crippen MR) is 53.8 cm³/mol. The van der Waals surface area contributed by atoms with Gasteiger partial charge in [-0.05, 0) is 6.07 Å². The molecule has 8 heteroatoms. The molecule has 0 aromatic heterocycles. The van der Waals surface area contributed by atoms with Crippen LogP contribution in [-0.2, 0) is 14.6 Å². The number of halogens is 1. The molecular formula is C9H9FO6S. The van der Waals surface area contributed by atoms with Crippen molar-refractivity contribution in [2.24, 2.45) is 0 Å². The van der Waals surface area contributed by atoms with Crippen LogP contribution in [0.2, 0.25) is 0 Å². The summed E-state index contributed by atoms with van der Waals surface area (Å²) in [6.07, 6.45) is -1.39. The Morgan fingerprint density at radius 1 is 1.41 bits per heavy atom. The first-order chi connectivity index (χ1) is 7.66. The van der Waals surface area contributed by atoms with Gasteiger partial charge in [0.05, 0.1) is 0 Å². The summed E-state index contributed by atoms with van der Waals surface area (Å²) in [4.78, 5) is 9.68. The summed E-state index contributed by atoms with van der Waals surface area (Å²) < 4.78 is 35.6. The van der Waals surface area contributed by atoms with E-state index >= 15 is 0 Å². The third-order valence-electron chi connectivity index (χ3n) is 2.04. The van der Waals surface area contributed by atoms with Gasteiger partial charge in [-0.25, -0.2) is 17.6 Å². The maximum Gasteiger partial charge on any atom is 0.337 e. The van der Waals surface area contributed by atoms with E-state index in [0.717, 1.165) is 18.4 Å². The summed E-state index contributed by atoms with van der Waals surface area (Å²) in [5, 5.41) is 26.9. The Kier molecular flexibility index (Phi) is 3.39. The van der Waals surface area contributed by atoms with Crippen molar-refractivity contribution in [2.45, 2.75) is 11.0 Å². The number of rotatable bonds is 3. The zero-order valence-electron chi connectivity index (χ0n) is 8.58. The number of hydrogen-bond donors (Lipinski definition) is 3. The molecule has 0 fully saturated rings. The van der Waals surface area contributed by atoms with Crippen molar-refractivity contribution in [3.63, 3.8) is 0 Å². The Bertz CT molecular complexity index is 565. The number of aromatic hydroxyl groups is 1. The number of hydrogen-bond acceptors (Lipinski definition) is 5. The van der Waals surface area contributed by atoms with Crippen LogP contribution in [0.1, 0.15) is 11.7 Å². The van der Waals surface area contributed by atoms with Crippen molar-refractivity contribution in [3.8, 4) is 5.75 Å². The van der Waals surface area contributed by atoms with E-state index < -0.39 is 43.9 Å². The Balaban J connectivity index is 3.45. The molecule has 0 saturated carbocycles. The van der Waals surface area contributed by atoms with Gasteiger partial charge in [0.1, 0.15) is 4.90 Å². The van der Waals surface area contributed by atoms with Gasteiger partial charge in [0.25, 0.3) is 0 Å². The molecule has 0 radical (unpaired) electrons. The van der Waals surface area contributed by atoms with E-state index in [1.54, 1.807) is 0 Å². The number of aliphatic carboxylic acids is 1. The molecule has 0 aliphatic rings. The molecule has 1 aromatic carbocycles. The highest BCUT2D eigenvalue weighted by molar-refractivity contribution is 7.90. The summed E-state index contributed by atoms with van der Waals surface area (Å²) in [6, 6.07) is 1.62. The van der Waals surface area contributed by atoms with Crippen molar-refractivity contribution < 1.29 is 32.9 Å². The van der Waals surface area contributed by atoms with Gasteiger partial charge in [-0.2, -0.15) is 0 Å². The first-order valence-electron chi connectivity index (χ1n) is 4.28. The Hall–Kier alpha value is -1.67. The monoisotopic (exact) mass is 264 g/mol. The topological polar surface area (TPSA) is 112 Å². The van der Waals surface area contributed by atoms with Gasteiger partial charge >= 0.3 is 5.97 Å². The van der Waals surface area contributed by atoms with Crippen molar-refractivity contribution in [1.82, 2.24) is 0 Å². The maximum atomic E-state index is 13.4. The Morgan fingerprint density at radius 3 is 2.35 bits per heavy atom. The minimum atomic E-state index is -3.88. The van der Waals surface area contributed by atoms with Crippen LogP contribution in [0, 0.1) is 5.82 Å². The van der Waals surface area contributed by atoms with E-state index in [9.17, 15) is 22.7 Å². The Labute approximate surface area is 95.9 Å². The summed E-state index contributed by atoms with van der Waals surface area (Å²) in [7, 11) is -3.88. The van der Waals surface area contributed by atoms with Crippen molar-refractivity contribution >= 4 is 15.8 Å². The van der Waals surface area contributed by atoms with Crippen LogP contribution in [0.15, 0.2) is 17.0 Å². The first kappa shape index (κ1) is 13.4. The summed E-state index contributed by atoms with van der Waals surface area (Å²) in [6.45, 7) is 0. The minimum absolute atomic E-state index is 0.609. The highest BCUT2D eigenvalue weighted by Gasteiger charge is 2.25. The molecule has 0 amide bonds. The van der Waals surface area contributed by atoms with Crippen molar-refractivity contribution in [1.29, 1.82) is 0 Å². The number of benzene rings is 1.